The van der Waals surface area contributed by atoms with Crippen LogP contribution in [-0.2, 0) is 0 Å². The average Bonchev–Trinajstić information content (AvgIpc) is 3.09. The van der Waals surface area contributed by atoms with Crippen LogP contribution in [0.1, 0.15) is 60.9 Å². The summed E-state index contributed by atoms with van der Waals surface area (Å²) in [6.45, 7) is 8.68. The summed E-state index contributed by atoms with van der Waals surface area (Å²) in [7, 11) is 0. The number of allylic oxidation sites excluding steroid dienone is 2. The molecule has 1 aliphatic carbocycles. The first-order valence-corrected chi connectivity index (χ1v) is 9.06. The second kappa shape index (κ2) is 5.54. The molecule has 3 heteroatoms. The zero-order chi connectivity index (χ0) is 15.1. The van der Waals surface area contributed by atoms with E-state index in [0.717, 1.165) is 17.6 Å². The molecular weight excluding hydrogens is 296 g/mol. The number of hydrogen-bond acceptors (Lipinski definition) is 3. The van der Waals surface area contributed by atoms with Crippen molar-refractivity contribution in [2.24, 2.45) is 0 Å². The van der Waals surface area contributed by atoms with Crippen molar-refractivity contribution in [1.82, 2.24) is 0 Å². The predicted molar refractivity (Wildman–Crippen MR) is 93.6 cm³/mol. The molecule has 2 aromatic rings. The molecule has 0 saturated heterocycles. The van der Waals surface area contributed by atoms with Crippen molar-refractivity contribution >= 4 is 40.1 Å². The van der Waals surface area contributed by atoms with Crippen LogP contribution in [0.2, 0.25) is 0 Å². The first-order valence-electron chi connectivity index (χ1n) is 7.37. The standard InChI is InChI=1S/C18H20OS2/c1-10-9-20-12(3)17(10)14-6-5-7-15(14)18-11(2)16(8-19)21-13(18)4/h8-9H,5-7H2,1-4H3. The van der Waals surface area contributed by atoms with Gasteiger partial charge in [0.15, 0.2) is 6.29 Å². The van der Waals surface area contributed by atoms with E-state index in [2.05, 4.69) is 33.1 Å². The van der Waals surface area contributed by atoms with Crippen LogP contribution in [0.3, 0.4) is 0 Å². The van der Waals surface area contributed by atoms with Crippen LogP contribution in [0.5, 0.6) is 0 Å². The third-order valence-corrected chi connectivity index (χ3v) is 6.61. The number of aldehydes is 1. The van der Waals surface area contributed by atoms with Crippen molar-refractivity contribution in [3.05, 3.63) is 42.3 Å². The maximum Gasteiger partial charge on any atom is 0.160 e. The molecule has 0 aliphatic heterocycles. The van der Waals surface area contributed by atoms with Crippen LogP contribution in [0.25, 0.3) is 11.1 Å². The van der Waals surface area contributed by atoms with Crippen molar-refractivity contribution in [3.63, 3.8) is 0 Å². The van der Waals surface area contributed by atoms with E-state index < -0.39 is 0 Å². The van der Waals surface area contributed by atoms with Gasteiger partial charge in [-0.3, -0.25) is 4.79 Å². The Balaban J connectivity index is 2.23. The first-order chi connectivity index (χ1) is 10.0. The summed E-state index contributed by atoms with van der Waals surface area (Å²) in [5, 5.41) is 2.26. The molecule has 1 nitrogen and oxygen atoms in total. The lowest BCUT2D eigenvalue weighted by Crippen LogP contribution is -1.91. The van der Waals surface area contributed by atoms with E-state index >= 15 is 0 Å². The number of carbonyl (C=O) groups excluding carboxylic acids is 1. The lowest BCUT2D eigenvalue weighted by molar-refractivity contribution is 0.112. The van der Waals surface area contributed by atoms with E-state index in [4.69, 9.17) is 0 Å². The molecule has 0 N–H and O–H groups in total. The monoisotopic (exact) mass is 316 g/mol. The highest BCUT2D eigenvalue weighted by Gasteiger charge is 2.25. The Bertz CT molecular complexity index is 724. The third-order valence-electron chi connectivity index (χ3n) is 4.45. The van der Waals surface area contributed by atoms with Crippen LogP contribution in [0.4, 0.5) is 0 Å². The highest BCUT2D eigenvalue weighted by molar-refractivity contribution is 7.14. The van der Waals surface area contributed by atoms with Gasteiger partial charge in [0.05, 0.1) is 4.88 Å². The van der Waals surface area contributed by atoms with Crippen molar-refractivity contribution in [1.29, 1.82) is 0 Å². The molecular formula is C18H20OS2. The summed E-state index contributed by atoms with van der Waals surface area (Å²) in [5.41, 5.74) is 8.39. The van der Waals surface area contributed by atoms with Gasteiger partial charge in [-0.05, 0) is 85.7 Å². The molecule has 0 aromatic carbocycles. The largest absolute Gasteiger partial charge is 0.297 e. The quantitative estimate of drug-likeness (QED) is 0.639. The van der Waals surface area contributed by atoms with E-state index in [-0.39, 0.29) is 0 Å². The lowest BCUT2D eigenvalue weighted by atomic mass is 9.93. The summed E-state index contributed by atoms with van der Waals surface area (Å²) in [4.78, 5) is 14.8. The fourth-order valence-electron chi connectivity index (χ4n) is 3.55. The number of aryl methyl sites for hydroxylation is 3. The van der Waals surface area contributed by atoms with Gasteiger partial charge in [0.1, 0.15) is 0 Å². The molecule has 0 fully saturated rings. The number of hydrogen-bond donors (Lipinski definition) is 0. The Morgan fingerprint density at radius 1 is 1.00 bits per heavy atom. The summed E-state index contributed by atoms with van der Waals surface area (Å²) >= 11 is 3.48. The van der Waals surface area contributed by atoms with Crippen LogP contribution < -0.4 is 0 Å². The van der Waals surface area contributed by atoms with Gasteiger partial charge in [-0.25, -0.2) is 0 Å². The highest BCUT2D eigenvalue weighted by Crippen LogP contribution is 2.46. The molecule has 3 rings (SSSR count). The van der Waals surface area contributed by atoms with Crippen LogP contribution in [0, 0.1) is 27.7 Å². The minimum atomic E-state index is 0.889. The second-order valence-corrected chi connectivity index (χ2v) is 8.14. The zero-order valence-corrected chi connectivity index (χ0v) is 14.6. The fraction of sp³-hybridized carbons (Fsp3) is 0.389. The topological polar surface area (TPSA) is 17.1 Å². The molecule has 2 heterocycles. The molecule has 0 spiro atoms. The van der Waals surface area contributed by atoms with Crippen molar-refractivity contribution in [3.8, 4) is 0 Å². The van der Waals surface area contributed by atoms with Gasteiger partial charge in [-0.1, -0.05) is 0 Å². The van der Waals surface area contributed by atoms with Gasteiger partial charge in [0, 0.05) is 9.75 Å². The molecule has 1 aliphatic rings. The average molecular weight is 316 g/mol. The maximum absolute atomic E-state index is 11.2. The number of thiophene rings is 2. The Morgan fingerprint density at radius 3 is 2.19 bits per heavy atom. The normalized spacial score (nSPS) is 15.0. The first kappa shape index (κ1) is 14.7. The smallest absolute Gasteiger partial charge is 0.160 e. The van der Waals surface area contributed by atoms with Gasteiger partial charge in [-0.15, -0.1) is 22.7 Å². The second-order valence-electron chi connectivity index (χ2n) is 5.80. The SMILES string of the molecule is Cc1csc(C)c1C1=C(c2c(C)sc(C=O)c2C)CCC1. The minimum absolute atomic E-state index is 0.889. The van der Waals surface area contributed by atoms with E-state index in [1.54, 1.807) is 11.3 Å². The molecule has 21 heavy (non-hydrogen) atoms. The van der Waals surface area contributed by atoms with Gasteiger partial charge in [-0.2, -0.15) is 0 Å². The highest BCUT2D eigenvalue weighted by atomic mass is 32.1. The fourth-order valence-corrected chi connectivity index (χ4v) is 5.43. The van der Waals surface area contributed by atoms with Gasteiger partial charge >= 0.3 is 0 Å². The number of carbonyl (C=O) groups is 1. The number of rotatable bonds is 3. The van der Waals surface area contributed by atoms with Crippen molar-refractivity contribution in [2.45, 2.75) is 47.0 Å². The summed E-state index contributed by atoms with van der Waals surface area (Å²) in [6, 6.07) is 0. The van der Waals surface area contributed by atoms with E-state index in [0.29, 0.717) is 0 Å². The van der Waals surface area contributed by atoms with Gasteiger partial charge in [0.2, 0.25) is 0 Å². The van der Waals surface area contributed by atoms with Crippen molar-refractivity contribution < 1.29 is 4.79 Å². The molecule has 0 radical (unpaired) electrons. The van der Waals surface area contributed by atoms with Crippen LogP contribution in [-0.4, -0.2) is 6.29 Å². The third kappa shape index (κ3) is 2.33. The molecule has 0 bridgehead atoms. The summed E-state index contributed by atoms with van der Waals surface area (Å²) in [6.07, 6.45) is 4.54. The van der Waals surface area contributed by atoms with Gasteiger partial charge < -0.3 is 0 Å². The molecule has 2 aromatic heterocycles. The molecule has 0 unspecified atom stereocenters. The van der Waals surface area contributed by atoms with Crippen LogP contribution in [0.15, 0.2) is 5.38 Å². The van der Waals surface area contributed by atoms with E-state index in [9.17, 15) is 4.79 Å². The molecule has 0 amide bonds. The van der Waals surface area contributed by atoms with E-state index in [1.165, 1.54) is 56.0 Å². The Hall–Kier alpha value is -1.19. The Labute approximate surface area is 134 Å². The zero-order valence-electron chi connectivity index (χ0n) is 13.0. The predicted octanol–water partition coefficient (Wildman–Crippen LogP) is 5.95. The van der Waals surface area contributed by atoms with Crippen LogP contribution >= 0.6 is 22.7 Å². The summed E-state index contributed by atoms with van der Waals surface area (Å²) < 4.78 is 0. The van der Waals surface area contributed by atoms with E-state index in [1.807, 2.05) is 11.3 Å². The Kier molecular flexibility index (Phi) is 3.89. The minimum Gasteiger partial charge on any atom is -0.297 e. The molecule has 0 saturated carbocycles. The summed E-state index contributed by atoms with van der Waals surface area (Å²) in [5.74, 6) is 0. The van der Waals surface area contributed by atoms with Crippen molar-refractivity contribution in [2.75, 3.05) is 0 Å². The maximum atomic E-state index is 11.2. The molecule has 0 atom stereocenters. The lowest BCUT2D eigenvalue weighted by Gasteiger charge is -2.11. The van der Waals surface area contributed by atoms with Gasteiger partial charge in [0.25, 0.3) is 0 Å². The molecule has 110 valence electrons. The Morgan fingerprint density at radius 2 is 1.67 bits per heavy atom.